The van der Waals surface area contributed by atoms with Gasteiger partial charge in [0.15, 0.2) is 0 Å². The zero-order valence-electron chi connectivity index (χ0n) is 9.95. The molecule has 1 aromatic carbocycles. The number of halogens is 2. The van der Waals surface area contributed by atoms with E-state index in [2.05, 4.69) is 27.9 Å². The number of aliphatic hydroxyl groups excluding tert-OH is 1. The number of nitrogens with one attached hydrogen (secondary N) is 1. The topological polar surface area (TPSA) is 58.6 Å². The van der Waals surface area contributed by atoms with Crippen molar-refractivity contribution in [2.75, 3.05) is 24.3 Å². The van der Waals surface area contributed by atoms with Gasteiger partial charge in [0, 0.05) is 15.8 Å². The Labute approximate surface area is 125 Å². The second kappa shape index (κ2) is 7.81. The largest absolute Gasteiger partial charge is 0.462 e. The van der Waals surface area contributed by atoms with E-state index in [4.69, 9.17) is 16.3 Å². The first kappa shape index (κ1) is 15.5. The molecule has 4 nitrogen and oxygen atoms in total. The SMILES string of the molecule is CCOC(=O)c1cc(I)ccc1NCC(O)CCl. The molecule has 0 spiro atoms. The highest BCUT2D eigenvalue weighted by Crippen LogP contribution is 2.20. The summed E-state index contributed by atoms with van der Waals surface area (Å²) in [5, 5.41) is 12.4. The van der Waals surface area contributed by atoms with Gasteiger partial charge in [0.05, 0.1) is 24.2 Å². The number of carbonyl (C=O) groups is 1. The van der Waals surface area contributed by atoms with Gasteiger partial charge in [0.1, 0.15) is 0 Å². The quantitative estimate of drug-likeness (QED) is 0.450. The number of aliphatic hydroxyl groups is 1. The Bertz CT molecular complexity index is 414. The Morgan fingerprint density at radius 3 is 2.94 bits per heavy atom. The average molecular weight is 384 g/mol. The predicted molar refractivity (Wildman–Crippen MR) is 80.3 cm³/mol. The standard InChI is InChI=1S/C12H15ClINO3/c1-2-18-12(17)10-5-8(14)3-4-11(10)15-7-9(16)6-13/h3-5,9,15-16H,2,6-7H2,1H3. The van der Waals surface area contributed by atoms with Crippen LogP contribution in [-0.2, 0) is 4.74 Å². The zero-order valence-corrected chi connectivity index (χ0v) is 12.9. The number of hydrogen-bond donors (Lipinski definition) is 2. The Hall–Kier alpha value is -0.530. The third-order valence-electron chi connectivity index (χ3n) is 2.18. The van der Waals surface area contributed by atoms with Crippen molar-refractivity contribution in [3.8, 4) is 0 Å². The van der Waals surface area contributed by atoms with Crippen molar-refractivity contribution >= 4 is 45.8 Å². The van der Waals surface area contributed by atoms with Crippen LogP contribution in [0, 0.1) is 3.57 Å². The molecule has 2 N–H and O–H groups in total. The molecule has 18 heavy (non-hydrogen) atoms. The summed E-state index contributed by atoms with van der Waals surface area (Å²) < 4.78 is 5.93. The minimum Gasteiger partial charge on any atom is -0.462 e. The van der Waals surface area contributed by atoms with E-state index < -0.39 is 6.10 Å². The molecule has 0 aliphatic carbocycles. The molecule has 0 fully saturated rings. The van der Waals surface area contributed by atoms with Crippen LogP contribution in [-0.4, -0.2) is 36.2 Å². The van der Waals surface area contributed by atoms with Crippen LogP contribution in [0.1, 0.15) is 17.3 Å². The first-order chi connectivity index (χ1) is 8.58. The van der Waals surface area contributed by atoms with Gasteiger partial charge in [0.2, 0.25) is 0 Å². The lowest BCUT2D eigenvalue weighted by atomic mass is 10.1. The number of hydrogen-bond acceptors (Lipinski definition) is 4. The molecule has 0 saturated heterocycles. The second-order valence-electron chi connectivity index (χ2n) is 3.60. The van der Waals surface area contributed by atoms with Crippen LogP contribution in [0.5, 0.6) is 0 Å². The van der Waals surface area contributed by atoms with Crippen molar-refractivity contribution < 1.29 is 14.6 Å². The monoisotopic (exact) mass is 383 g/mol. The van der Waals surface area contributed by atoms with E-state index in [1.165, 1.54) is 0 Å². The van der Waals surface area contributed by atoms with E-state index >= 15 is 0 Å². The van der Waals surface area contributed by atoms with Crippen molar-refractivity contribution in [3.05, 3.63) is 27.3 Å². The summed E-state index contributed by atoms with van der Waals surface area (Å²) >= 11 is 7.64. The summed E-state index contributed by atoms with van der Waals surface area (Å²) in [7, 11) is 0. The van der Waals surface area contributed by atoms with E-state index in [-0.39, 0.29) is 18.4 Å². The van der Waals surface area contributed by atoms with E-state index in [1.54, 1.807) is 19.1 Å². The Balaban J connectivity index is 2.86. The third kappa shape index (κ3) is 4.62. The molecule has 0 aliphatic heterocycles. The minimum atomic E-state index is -0.652. The maximum Gasteiger partial charge on any atom is 0.340 e. The summed E-state index contributed by atoms with van der Waals surface area (Å²) in [6.45, 7) is 2.38. The van der Waals surface area contributed by atoms with Gasteiger partial charge >= 0.3 is 5.97 Å². The molecular weight excluding hydrogens is 368 g/mol. The van der Waals surface area contributed by atoms with Crippen LogP contribution in [0.2, 0.25) is 0 Å². The first-order valence-electron chi connectivity index (χ1n) is 5.53. The molecule has 1 atom stereocenters. The fraction of sp³-hybridized carbons (Fsp3) is 0.417. The minimum absolute atomic E-state index is 0.145. The van der Waals surface area contributed by atoms with Gasteiger partial charge < -0.3 is 15.2 Å². The molecule has 0 bridgehead atoms. The molecule has 0 radical (unpaired) electrons. The average Bonchev–Trinajstić information content (AvgIpc) is 2.37. The summed E-state index contributed by atoms with van der Waals surface area (Å²) in [4.78, 5) is 11.8. The molecule has 1 rings (SSSR count). The van der Waals surface area contributed by atoms with E-state index in [0.29, 0.717) is 17.9 Å². The van der Waals surface area contributed by atoms with Crippen LogP contribution in [0.15, 0.2) is 18.2 Å². The molecule has 0 aromatic heterocycles. The number of alkyl halides is 1. The Morgan fingerprint density at radius 1 is 1.61 bits per heavy atom. The van der Waals surface area contributed by atoms with Crippen LogP contribution in [0.4, 0.5) is 5.69 Å². The van der Waals surface area contributed by atoms with Crippen molar-refractivity contribution in [2.45, 2.75) is 13.0 Å². The van der Waals surface area contributed by atoms with Crippen molar-refractivity contribution in [1.82, 2.24) is 0 Å². The number of anilines is 1. The van der Waals surface area contributed by atoms with E-state index in [0.717, 1.165) is 3.57 Å². The lowest BCUT2D eigenvalue weighted by Gasteiger charge is -2.13. The highest BCUT2D eigenvalue weighted by molar-refractivity contribution is 14.1. The highest BCUT2D eigenvalue weighted by atomic mass is 127. The van der Waals surface area contributed by atoms with E-state index in [9.17, 15) is 9.90 Å². The van der Waals surface area contributed by atoms with Crippen LogP contribution in [0.25, 0.3) is 0 Å². The van der Waals surface area contributed by atoms with Crippen LogP contribution in [0.3, 0.4) is 0 Å². The molecule has 0 heterocycles. The number of ether oxygens (including phenoxy) is 1. The fourth-order valence-corrected chi connectivity index (χ4v) is 1.93. The van der Waals surface area contributed by atoms with Gasteiger partial charge in [-0.1, -0.05) is 0 Å². The van der Waals surface area contributed by atoms with Gasteiger partial charge in [-0.05, 0) is 47.7 Å². The maximum atomic E-state index is 11.8. The molecule has 0 saturated carbocycles. The molecule has 1 unspecified atom stereocenters. The van der Waals surface area contributed by atoms with Crippen molar-refractivity contribution in [2.24, 2.45) is 0 Å². The van der Waals surface area contributed by atoms with Gasteiger partial charge in [-0.25, -0.2) is 4.79 Å². The molecule has 100 valence electrons. The van der Waals surface area contributed by atoms with Gasteiger partial charge in [-0.15, -0.1) is 11.6 Å². The smallest absolute Gasteiger partial charge is 0.340 e. The number of benzene rings is 1. The lowest BCUT2D eigenvalue weighted by Crippen LogP contribution is -2.22. The lowest BCUT2D eigenvalue weighted by molar-refractivity contribution is 0.0527. The normalized spacial score (nSPS) is 12.0. The van der Waals surface area contributed by atoms with Crippen molar-refractivity contribution in [1.29, 1.82) is 0 Å². The first-order valence-corrected chi connectivity index (χ1v) is 7.14. The fourth-order valence-electron chi connectivity index (χ4n) is 1.33. The Kier molecular flexibility index (Phi) is 6.73. The van der Waals surface area contributed by atoms with Gasteiger partial charge in [-0.3, -0.25) is 0 Å². The highest BCUT2D eigenvalue weighted by Gasteiger charge is 2.13. The summed E-state index contributed by atoms with van der Waals surface area (Å²) in [6.07, 6.45) is -0.652. The third-order valence-corrected chi connectivity index (χ3v) is 3.21. The number of rotatable bonds is 6. The van der Waals surface area contributed by atoms with Crippen molar-refractivity contribution in [3.63, 3.8) is 0 Å². The van der Waals surface area contributed by atoms with E-state index in [1.807, 2.05) is 6.07 Å². The summed E-state index contributed by atoms with van der Waals surface area (Å²) in [5.74, 6) is -0.231. The number of carbonyl (C=O) groups excluding carboxylic acids is 1. The predicted octanol–water partition coefficient (Wildman–Crippen LogP) is 2.48. The summed E-state index contributed by atoms with van der Waals surface area (Å²) in [5.41, 5.74) is 1.10. The zero-order chi connectivity index (χ0) is 13.5. The number of esters is 1. The van der Waals surface area contributed by atoms with Gasteiger partial charge in [0.25, 0.3) is 0 Å². The molecule has 6 heteroatoms. The Morgan fingerprint density at radius 2 is 2.33 bits per heavy atom. The molecule has 1 aromatic rings. The maximum absolute atomic E-state index is 11.8. The van der Waals surface area contributed by atoms with Crippen LogP contribution < -0.4 is 5.32 Å². The molecule has 0 aliphatic rings. The van der Waals surface area contributed by atoms with Crippen LogP contribution >= 0.6 is 34.2 Å². The molecular formula is C12H15ClINO3. The second-order valence-corrected chi connectivity index (χ2v) is 5.15. The molecule has 0 amide bonds. The summed E-state index contributed by atoms with van der Waals surface area (Å²) in [6, 6.07) is 5.40. The van der Waals surface area contributed by atoms with Gasteiger partial charge in [-0.2, -0.15) is 0 Å².